The molecule has 1 aromatic carbocycles. The van der Waals surface area contributed by atoms with Crippen molar-refractivity contribution >= 4 is 32.8 Å². The zero-order chi connectivity index (χ0) is 19.6. The first-order chi connectivity index (χ1) is 12.7. The average molecular weight is 434 g/mol. The number of hydrogen-bond donors (Lipinski definition) is 0. The molecule has 1 aliphatic rings. The molecule has 146 valence electrons. The van der Waals surface area contributed by atoms with E-state index in [4.69, 9.17) is 4.74 Å². The lowest BCUT2D eigenvalue weighted by Gasteiger charge is -2.30. The van der Waals surface area contributed by atoms with Crippen molar-refractivity contribution in [1.29, 1.82) is 0 Å². The highest BCUT2D eigenvalue weighted by atomic mass is 79.9. The molecule has 1 amide bonds. The SMILES string of the molecule is C[C@H]1CN(C(=O)OC(C)(C)C)CCCN1Cc1ccc2cnccc2c1Br. The molecule has 1 atom stereocenters. The summed E-state index contributed by atoms with van der Waals surface area (Å²) in [6, 6.07) is 6.59. The number of amides is 1. The number of benzene rings is 1. The van der Waals surface area contributed by atoms with Crippen LogP contribution in [0.5, 0.6) is 0 Å². The van der Waals surface area contributed by atoms with Crippen molar-refractivity contribution in [3.8, 4) is 0 Å². The fourth-order valence-electron chi connectivity index (χ4n) is 3.45. The number of ether oxygens (including phenoxy) is 1. The maximum Gasteiger partial charge on any atom is 0.410 e. The van der Waals surface area contributed by atoms with Crippen LogP contribution in [0, 0.1) is 0 Å². The van der Waals surface area contributed by atoms with Gasteiger partial charge in [-0.15, -0.1) is 0 Å². The second-order valence-electron chi connectivity index (χ2n) is 8.23. The van der Waals surface area contributed by atoms with Gasteiger partial charge >= 0.3 is 6.09 Å². The summed E-state index contributed by atoms with van der Waals surface area (Å²) in [7, 11) is 0. The molecule has 27 heavy (non-hydrogen) atoms. The van der Waals surface area contributed by atoms with Crippen molar-refractivity contribution in [2.24, 2.45) is 0 Å². The first-order valence-corrected chi connectivity index (χ1v) is 10.3. The van der Waals surface area contributed by atoms with Gasteiger partial charge in [-0.1, -0.05) is 12.1 Å². The Morgan fingerprint density at radius 3 is 2.81 bits per heavy atom. The molecule has 1 saturated heterocycles. The van der Waals surface area contributed by atoms with Crippen LogP contribution in [0.1, 0.15) is 39.7 Å². The van der Waals surface area contributed by atoms with E-state index in [2.05, 4.69) is 44.9 Å². The van der Waals surface area contributed by atoms with Crippen LogP contribution < -0.4 is 0 Å². The van der Waals surface area contributed by atoms with Gasteiger partial charge in [0.05, 0.1) is 0 Å². The zero-order valence-electron chi connectivity index (χ0n) is 16.5. The van der Waals surface area contributed by atoms with Crippen LogP contribution in [0.15, 0.2) is 35.1 Å². The minimum absolute atomic E-state index is 0.212. The summed E-state index contributed by atoms with van der Waals surface area (Å²) in [5.74, 6) is 0. The Balaban J connectivity index is 1.71. The number of hydrogen-bond acceptors (Lipinski definition) is 4. The van der Waals surface area contributed by atoms with Gasteiger partial charge in [0.2, 0.25) is 0 Å². The summed E-state index contributed by atoms with van der Waals surface area (Å²) in [6.07, 6.45) is 4.44. The highest BCUT2D eigenvalue weighted by molar-refractivity contribution is 9.10. The van der Waals surface area contributed by atoms with Crippen LogP contribution in [0.2, 0.25) is 0 Å². The van der Waals surface area contributed by atoms with Gasteiger partial charge in [0.1, 0.15) is 5.60 Å². The standard InChI is InChI=1S/C21H28BrN3O2/c1-15-13-25(20(26)27-21(2,3)4)11-5-10-24(15)14-17-7-6-16-12-23-9-8-18(16)19(17)22/h6-9,12,15H,5,10-11,13-14H2,1-4H3/t15-/m0/s1. The third-order valence-corrected chi connectivity index (χ3v) is 5.78. The Morgan fingerprint density at radius 1 is 1.30 bits per heavy atom. The van der Waals surface area contributed by atoms with Crippen molar-refractivity contribution < 1.29 is 9.53 Å². The molecular weight excluding hydrogens is 406 g/mol. The maximum absolute atomic E-state index is 12.4. The number of rotatable bonds is 2. The molecular formula is C21H28BrN3O2. The quantitative estimate of drug-likeness (QED) is 0.680. The summed E-state index contributed by atoms with van der Waals surface area (Å²) in [4.78, 5) is 20.9. The monoisotopic (exact) mass is 433 g/mol. The summed E-state index contributed by atoms with van der Waals surface area (Å²) in [5, 5.41) is 2.31. The van der Waals surface area contributed by atoms with Crippen LogP contribution in [0.3, 0.4) is 0 Å². The lowest BCUT2D eigenvalue weighted by Crippen LogP contribution is -2.43. The molecule has 5 nitrogen and oxygen atoms in total. The number of fused-ring (bicyclic) bond motifs is 1. The molecule has 6 heteroatoms. The maximum atomic E-state index is 12.4. The largest absolute Gasteiger partial charge is 0.444 e. The van der Waals surface area contributed by atoms with Gasteiger partial charge in [-0.2, -0.15) is 0 Å². The van der Waals surface area contributed by atoms with Crippen molar-refractivity contribution in [1.82, 2.24) is 14.8 Å². The molecule has 0 aliphatic carbocycles. The minimum atomic E-state index is -0.461. The van der Waals surface area contributed by atoms with Gasteiger partial charge in [-0.3, -0.25) is 9.88 Å². The van der Waals surface area contributed by atoms with Crippen molar-refractivity contribution in [3.63, 3.8) is 0 Å². The Morgan fingerprint density at radius 2 is 2.07 bits per heavy atom. The van der Waals surface area contributed by atoms with Crippen LogP contribution in [0.4, 0.5) is 4.79 Å². The second kappa shape index (κ2) is 8.15. The molecule has 1 aromatic heterocycles. The van der Waals surface area contributed by atoms with Gasteiger partial charge in [0.15, 0.2) is 0 Å². The number of halogens is 1. The van der Waals surface area contributed by atoms with Crippen LogP contribution in [0.25, 0.3) is 10.8 Å². The number of aromatic nitrogens is 1. The van der Waals surface area contributed by atoms with E-state index >= 15 is 0 Å². The van der Waals surface area contributed by atoms with Crippen LogP contribution in [-0.4, -0.2) is 52.2 Å². The highest BCUT2D eigenvalue weighted by Crippen LogP contribution is 2.29. The number of carbonyl (C=O) groups excluding carboxylic acids is 1. The second-order valence-corrected chi connectivity index (χ2v) is 9.03. The minimum Gasteiger partial charge on any atom is -0.444 e. The summed E-state index contributed by atoms with van der Waals surface area (Å²) in [5.41, 5.74) is 0.795. The van der Waals surface area contributed by atoms with Crippen molar-refractivity contribution in [3.05, 3.63) is 40.6 Å². The van der Waals surface area contributed by atoms with E-state index in [1.54, 1.807) is 0 Å². The van der Waals surface area contributed by atoms with E-state index in [-0.39, 0.29) is 12.1 Å². The third-order valence-electron chi connectivity index (χ3n) is 4.84. The lowest BCUT2D eigenvalue weighted by molar-refractivity contribution is 0.0235. The molecule has 0 saturated carbocycles. The third kappa shape index (κ3) is 4.99. The fraction of sp³-hybridized carbons (Fsp3) is 0.524. The lowest BCUT2D eigenvalue weighted by atomic mass is 10.1. The Labute approximate surface area is 169 Å². The molecule has 1 aliphatic heterocycles. The van der Waals surface area contributed by atoms with Gasteiger partial charge in [0, 0.05) is 54.5 Å². The van der Waals surface area contributed by atoms with E-state index in [0.29, 0.717) is 6.54 Å². The van der Waals surface area contributed by atoms with Crippen molar-refractivity contribution in [2.45, 2.75) is 52.3 Å². The van der Waals surface area contributed by atoms with E-state index in [1.807, 2.05) is 44.1 Å². The molecule has 0 spiro atoms. The Bertz CT molecular complexity index is 819. The average Bonchev–Trinajstić information content (AvgIpc) is 2.78. The predicted octanol–water partition coefficient (Wildman–Crippen LogP) is 4.83. The molecule has 0 unspecified atom stereocenters. The molecule has 2 heterocycles. The molecule has 3 rings (SSSR count). The molecule has 0 radical (unpaired) electrons. The summed E-state index contributed by atoms with van der Waals surface area (Å²) < 4.78 is 6.68. The van der Waals surface area contributed by atoms with E-state index in [1.165, 1.54) is 10.9 Å². The van der Waals surface area contributed by atoms with Gasteiger partial charge in [-0.25, -0.2) is 4.79 Å². The molecule has 1 fully saturated rings. The topological polar surface area (TPSA) is 45.7 Å². The Hall–Kier alpha value is -1.66. The summed E-state index contributed by atoms with van der Waals surface area (Å²) in [6.45, 7) is 11.1. The van der Waals surface area contributed by atoms with Gasteiger partial charge < -0.3 is 9.64 Å². The van der Waals surface area contributed by atoms with Gasteiger partial charge in [-0.05, 0) is 67.1 Å². The van der Waals surface area contributed by atoms with Crippen LogP contribution in [-0.2, 0) is 11.3 Å². The summed E-state index contributed by atoms with van der Waals surface area (Å²) >= 11 is 3.78. The molecule has 2 aromatic rings. The fourth-order valence-corrected chi connectivity index (χ4v) is 4.07. The highest BCUT2D eigenvalue weighted by Gasteiger charge is 2.28. The first kappa shape index (κ1) is 20.1. The Kier molecular flexibility index (Phi) is 6.06. The predicted molar refractivity (Wildman–Crippen MR) is 112 cm³/mol. The molecule has 0 N–H and O–H groups in total. The number of carbonyl (C=O) groups is 1. The van der Waals surface area contributed by atoms with Crippen LogP contribution >= 0.6 is 15.9 Å². The van der Waals surface area contributed by atoms with E-state index in [9.17, 15) is 4.79 Å². The number of pyridine rings is 1. The smallest absolute Gasteiger partial charge is 0.410 e. The first-order valence-electron chi connectivity index (χ1n) is 9.47. The van der Waals surface area contributed by atoms with E-state index in [0.717, 1.165) is 35.9 Å². The molecule has 0 bridgehead atoms. The van der Waals surface area contributed by atoms with E-state index < -0.39 is 5.60 Å². The number of nitrogens with zero attached hydrogens (tertiary/aromatic N) is 3. The zero-order valence-corrected chi connectivity index (χ0v) is 18.1. The normalized spacial score (nSPS) is 19.1. The van der Waals surface area contributed by atoms with Gasteiger partial charge in [0.25, 0.3) is 0 Å². The van der Waals surface area contributed by atoms with Crippen molar-refractivity contribution in [2.75, 3.05) is 19.6 Å².